The van der Waals surface area contributed by atoms with Crippen LogP contribution in [-0.4, -0.2) is 37.5 Å². The number of allylic oxidation sites excluding steroid dienone is 1. The molecule has 0 spiro atoms. The Kier molecular flexibility index (Phi) is 6.44. The van der Waals surface area contributed by atoms with Gasteiger partial charge in [-0.15, -0.1) is 10.2 Å². The summed E-state index contributed by atoms with van der Waals surface area (Å²) in [5, 5.41) is 12.0. The molecular weight excluding hydrogens is 346 g/mol. The highest BCUT2D eigenvalue weighted by molar-refractivity contribution is 8.00. The van der Waals surface area contributed by atoms with Gasteiger partial charge in [-0.25, -0.2) is 0 Å². The van der Waals surface area contributed by atoms with Crippen molar-refractivity contribution in [2.45, 2.75) is 49.4 Å². The molecule has 7 heteroatoms. The van der Waals surface area contributed by atoms with Gasteiger partial charge in [-0.3, -0.25) is 9.78 Å². The number of rotatable bonds is 7. The Labute approximate surface area is 158 Å². The Morgan fingerprint density at radius 2 is 2.12 bits per heavy atom. The molecule has 26 heavy (non-hydrogen) atoms. The lowest BCUT2D eigenvalue weighted by molar-refractivity contribution is -0.120. The van der Waals surface area contributed by atoms with Crippen LogP contribution in [0.15, 0.2) is 41.3 Å². The first-order chi connectivity index (χ1) is 12.6. The topological polar surface area (TPSA) is 72.7 Å². The highest BCUT2D eigenvalue weighted by Crippen LogP contribution is 2.25. The number of thioether (sulfide) groups is 1. The van der Waals surface area contributed by atoms with E-state index in [-0.39, 0.29) is 11.2 Å². The van der Waals surface area contributed by atoms with Crippen LogP contribution in [0.4, 0.5) is 0 Å². The van der Waals surface area contributed by atoms with Gasteiger partial charge in [0.25, 0.3) is 0 Å². The van der Waals surface area contributed by atoms with Gasteiger partial charge < -0.3 is 9.88 Å². The van der Waals surface area contributed by atoms with Crippen LogP contribution in [0.1, 0.15) is 39.0 Å². The van der Waals surface area contributed by atoms with Crippen molar-refractivity contribution in [1.29, 1.82) is 0 Å². The molecule has 0 saturated carbocycles. The molecule has 0 bridgehead atoms. The molecule has 3 rings (SSSR count). The molecule has 2 heterocycles. The largest absolute Gasteiger partial charge is 0.355 e. The zero-order valence-electron chi connectivity index (χ0n) is 15.3. The number of amides is 1. The van der Waals surface area contributed by atoms with Crippen molar-refractivity contribution in [1.82, 2.24) is 25.1 Å². The quantitative estimate of drug-likeness (QED) is 0.597. The smallest absolute Gasteiger partial charge is 0.233 e. The van der Waals surface area contributed by atoms with Crippen molar-refractivity contribution >= 4 is 17.7 Å². The van der Waals surface area contributed by atoms with Crippen LogP contribution in [0.3, 0.4) is 0 Å². The maximum atomic E-state index is 12.4. The highest BCUT2D eigenvalue weighted by atomic mass is 32.2. The van der Waals surface area contributed by atoms with Crippen LogP contribution >= 0.6 is 11.8 Å². The van der Waals surface area contributed by atoms with Crippen LogP contribution in [0.2, 0.25) is 0 Å². The average molecular weight is 372 g/mol. The molecule has 0 aliphatic heterocycles. The zero-order chi connectivity index (χ0) is 18.4. The van der Waals surface area contributed by atoms with E-state index in [2.05, 4.69) is 26.6 Å². The Bertz CT molecular complexity index is 771. The van der Waals surface area contributed by atoms with Gasteiger partial charge in [0.05, 0.1) is 5.25 Å². The average Bonchev–Trinajstić information content (AvgIpc) is 3.03. The van der Waals surface area contributed by atoms with E-state index in [1.54, 1.807) is 12.4 Å². The number of carbonyl (C=O) groups is 1. The van der Waals surface area contributed by atoms with Crippen LogP contribution in [-0.2, 0) is 11.8 Å². The number of hydrogen-bond donors (Lipinski definition) is 1. The van der Waals surface area contributed by atoms with E-state index in [4.69, 9.17) is 0 Å². The minimum absolute atomic E-state index is 0.0415. The maximum absolute atomic E-state index is 12.4. The first-order valence-corrected chi connectivity index (χ1v) is 9.95. The number of pyridine rings is 1. The standard InChI is InChI=1S/C19H25N5OS/c1-14(18(25)21-13-8-15-6-4-3-5-7-15)26-19-23-22-17(24(19)2)16-9-11-20-12-10-16/h6,9-12,14H,3-5,7-8,13H2,1-2H3,(H,21,25)/t14-/m0/s1. The van der Waals surface area contributed by atoms with E-state index < -0.39 is 0 Å². The number of nitrogens with one attached hydrogen (secondary N) is 1. The summed E-state index contributed by atoms with van der Waals surface area (Å²) >= 11 is 1.43. The van der Waals surface area contributed by atoms with Crippen molar-refractivity contribution in [3.8, 4) is 11.4 Å². The summed E-state index contributed by atoms with van der Waals surface area (Å²) in [6, 6.07) is 3.79. The van der Waals surface area contributed by atoms with Crippen molar-refractivity contribution in [3.05, 3.63) is 36.2 Å². The monoisotopic (exact) mass is 371 g/mol. The molecule has 2 aromatic rings. The van der Waals surface area contributed by atoms with E-state index in [0.717, 1.165) is 23.0 Å². The van der Waals surface area contributed by atoms with Gasteiger partial charge >= 0.3 is 0 Å². The third-order valence-electron chi connectivity index (χ3n) is 4.56. The lowest BCUT2D eigenvalue weighted by Gasteiger charge is -2.14. The fourth-order valence-electron chi connectivity index (χ4n) is 3.00. The molecule has 0 radical (unpaired) electrons. The molecule has 138 valence electrons. The van der Waals surface area contributed by atoms with E-state index >= 15 is 0 Å². The van der Waals surface area contributed by atoms with Crippen molar-refractivity contribution < 1.29 is 4.79 Å². The van der Waals surface area contributed by atoms with Gasteiger partial charge in [-0.1, -0.05) is 23.4 Å². The van der Waals surface area contributed by atoms with Crippen LogP contribution in [0.5, 0.6) is 0 Å². The molecule has 1 aliphatic carbocycles. The molecule has 0 fully saturated rings. The van der Waals surface area contributed by atoms with E-state index in [1.165, 1.54) is 43.0 Å². The second kappa shape index (κ2) is 8.98. The van der Waals surface area contributed by atoms with E-state index in [9.17, 15) is 4.79 Å². The van der Waals surface area contributed by atoms with Gasteiger partial charge in [0.2, 0.25) is 5.91 Å². The highest BCUT2D eigenvalue weighted by Gasteiger charge is 2.19. The maximum Gasteiger partial charge on any atom is 0.233 e. The minimum Gasteiger partial charge on any atom is -0.355 e. The second-order valence-electron chi connectivity index (χ2n) is 6.51. The lowest BCUT2D eigenvalue weighted by atomic mass is 9.97. The summed E-state index contributed by atoms with van der Waals surface area (Å²) < 4.78 is 1.91. The fraction of sp³-hybridized carbons (Fsp3) is 0.474. The lowest BCUT2D eigenvalue weighted by Crippen LogP contribution is -2.32. The molecule has 1 amide bonds. The first-order valence-electron chi connectivity index (χ1n) is 9.07. The van der Waals surface area contributed by atoms with Crippen LogP contribution in [0, 0.1) is 0 Å². The molecule has 0 unspecified atom stereocenters. The fourth-order valence-corrected chi connectivity index (χ4v) is 3.84. The molecule has 6 nitrogen and oxygen atoms in total. The number of carbonyl (C=O) groups excluding carboxylic acids is 1. The first kappa shape index (κ1) is 18.6. The normalized spacial score (nSPS) is 15.4. The SMILES string of the molecule is C[C@H](Sc1nnc(-c2ccncc2)n1C)C(=O)NCCC1=CCCCC1. The summed E-state index contributed by atoms with van der Waals surface area (Å²) in [5.74, 6) is 0.812. The number of aromatic nitrogens is 4. The van der Waals surface area contributed by atoms with Crippen molar-refractivity contribution in [2.75, 3.05) is 6.54 Å². The molecule has 1 N–H and O–H groups in total. The van der Waals surface area contributed by atoms with Gasteiger partial charge in [0.1, 0.15) is 0 Å². The predicted molar refractivity (Wildman–Crippen MR) is 104 cm³/mol. The molecular formula is C19H25N5OS. The Balaban J connectivity index is 1.52. The third-order valence-corrected chi connectivity index (χ3v) is 5.69. The van der Waals surface area contributed by atoms with Gasteiger partial charge in [-0.2, -0.15) is 0 Å². The van der Waals surface area contributed by atoms with Crippen molar-refractivity contribution in [2.24, 2.45) is 7.05 Å². The number of hydrogen-bond acceptors (Lipinski definition) is 5. The molecule has 0 saturated heterocycles. The zero-order valence-corrected chi connectivity index (χ0v) is 16.1. The van der Waals surface area contributed by atoms with E-state index in [0.29, 0.717) is 6.54 Å². The summed E-state index contributed by atoms with van der Waals surface area (Å²) in [4.78, 5) is 16.4. The molecule has 2 aromatic heterocycles. The van der Waals surface area contributed by atoms with Crippen LogP contribution < -0.4 is 5.32 Å². The van der Waals surface area contributed by atoms with Gasteiger partial charge in [0.15, 0.2) is 11.0 Å². The molecule has 1 aliphatic rings. The predicted octanol–water partition coefficient (Wildman–Crippen LogP) is 3.36. The summed E-state index contributed by atoms with van der Waals surface area (Å²) in [7, 11) is 1.91. The summed E-state index contributed by atoms with van der Waals surface area (Å²) in [5.41, 5.74) is 2.44. The van der Waals surface area contributed by atoms with Crippen LogP contribution in [0.25, 0.3) is 11.4 Å². The van der Waals surface area contributed by atoms with Gasteiger partial charge in [-0.05, 0) is 51.2 Å². The second-order valence-corrected chi connectivity index (χ2v) is 7.82. The third kappa shape index (κ3) is 4.72. The Morgan fingerprint density at radius 1 is 1.31 bits per heavy atom. The minimum atomic E-state index is -0.219. The van der Waals surface area contributed by atoms with E-state index in [1.807, 2.05) is 30.7 Å². The number of nitrogens with zero attached hydrogens (tertiary/aromatic N) is 4. The van der Waals surface area contributed by atoms with Gasteiger partial charge in [0, 0.05) is 31.5 Å². The Morgan fingerprint density at radius 3 is 2.85 bits per heavy atom. The summed E-state index contributed by atoms with van der Waals surface area (Å²) in [6.07, 6.45) is 11.7. The van der Waals surface area contributed by atoms with Crippen molar-refractivity contribution in [3.63, 3.8) is 0 Å². The Hall–Kier alpha value is -2.15. The summed E-state index contributed by atoms with van der Waals surface area (Å²) in [6.45, 7) is 2.61. The molecule has 0 aromatic carbocycles. The molecule has 1 atom stereocenters.